The fourth-order valence-electron chi connectivity index (χ4n) is 3.66. The number of anilines is 1. The Kier molecular flexibility index (Phi) is 2.33. The molecule has 4 nitrogen and oxygen atoms in total. The van der Waals surface area contributed by atoms with Crippen molar-refractivity contribution >= 4 is 17.0 Å². The Morgan fingerprint density at radius 3 is 2.74 bits per heavy atom. The van der Waals surface area contributed by atoms with Crippen molar-refractivity contribution in [3.63, 3.8) is 0 Å². The van der Waals surface area contributed by atoms with Gasteiger partial charge in [0.2, 0.25) is 5.95 Å². The van der Waals surface area contributed by atoms with Crippen LogP contribution in [-0.2, 0) is 0 Å². The van der Waals surface area contributed by atoms with Crippen molar-refractivity contribution < 1.29 is 4.39 Å². The van der Waals surface area contributed by atoms with Gasteiger partial charge in [0, 0.05) is 18.1 Å². The van der Waals surface area contributed by atoms with Gasteiger partial charge in [-0.1, -0.05) is 0 Å². The van der Waals surface area contributed by atoms with Gasteiger partial charge in [-0.3, -0.25) is 0 Å². The second kappa shape index (κ2) is 3.93. The minimum atomic E-state index is -0.230. The number of imidazole rings is 1. The van der Waals surface area contributed by atoms with Crippen molar-refractivity contribution in [2.24, 2.45) is 5.73 Å². The quantitative estimate of drug-likeness (QED) is 0.826. The molecule has 19 heavy (non-hydrogen) atoms. The number of nitrogens with two attached hydrogens (primary N) is 1. The first-order valence-electron chi connectivity index (χ1n) is 6.90. The number of piperidine rings is 1. The van der Waals surface area contributed by atoms with Gasteiger partial charge in [0.25, 0.3) is 0 Å². The van der Waals surface area contributed by atoms with Gasteiger partial charge in [0.1, 0.15) is 5.82 Å². The van der Waals surface area contributed by atoms with Gasteiger partial charge in [0.15, 0.2) is 0 Å². The van der Waals surface area contributed by atoms with E-state index in [1.807, 2.05) is 0 Å². The molecule has 2 unspecified atom stereocenters. The molecule has 3 heterocycles. The minimum absolute atomic E-state index is 0.230. The highest BCUT2D eigenvalue weighted by molar-refractivity contribution is 5.77. The first-order valence-corrected chi connectivity index (χ1v) is 6.90. The van der Waals surface area contributed by atoms with Crippen LogP contribution in [0.15, 0.2) is 18.2 Å². The van der Waals surface area contributed by atoms with Crippen molar-refractivity contribution in [1.29, 1.82) is 0 Å². The number of halogens is 1. The number of benzene rings is 1. The molecule has 100 valence electrons. The van der Waals surface area contributed by atoms with Crippen LogP contribution in [0.4, 0.5) is 10.3 Å². The highest BCUT2D eigenvalue weighted by Crippen LogP contribution is 2.38. The second-order valence-corrected chi connectivity index (χ2v) is 5.75. The van der Waals surface area contributed by atoms with Crippen LogP contribution in [0.5, 0.6) is 0 Å². The zero-order valence-corrected chi connectivity index (χ0v) is 10.6. The van der Waals surface area contributed by atoms with Crippen LogP contribution in [0.1, 0.15) is 25.7 Å². The Morgan fingerprint density at radius 1 is 1.26 bits per heavy atom. The number of aromatic nitrogens is 2. The Balaban J connectivity index is 1.74. The molecule has 0 spiro atoms. The lowest BCUT2D eigenvalue weighted by Gasteiger charge is -2.37. The summed E-state index contributed by atoms with van der Waals surface area (Å²) in [7, 11) is 0. The highest BCUT2D eigenvalue weighted by atomic mass is 19.1. The Bertz CT molecular complexity index is 609. The van der Waals surface area contributed by atoms with Gasteiger partial charge in [-0.2, -0.15) is 0 Å². The normalized spacial score (nSPS) is 30.2. The van der Waals surface area contributed by atoms with Crippen LogP contribution < -0.4 is 10.6 Å². The third kappa shape index (κ3) is 1.72. The molecule has 2 aromatic rings. The van der Waals surface area contributed by atoms with Gasteiger partial charge in [-0.05, 0) is 43.9 Å². The van der Waals surface area contributed by atoms with E-state index in [1.165, 1.54) is 25.0 Å². The van der Waals surface area contributed by atoms with Gasteiger partial charge < -0.3 is 15.6 Å². The molecule has 0 amide bonds. The van der Waals surface area contributed by atoms with Crippen LogP contribution in [0.3, 0.4) is 0 Å². The zero-order chi connectivity index (χ0) is 13.0. The molecular formula is C14H17FN4. The van der Waals surface area contributed by atoms with E-state index in [9.17, 15) is 4.39 Å². The van der Waals surface area contributed by atoms with Gasteiger partial charge >= 0.3 is 0 Å². The standard InChI is InChI=1S/C14H17FN4/c15-8-1-4-12-13(5-8)18-14(17-12)19-10-2-3-11(19)7-9(16)6-10/h1,4-5,9-11H,2-3,6-7,16H2,(H,17,18). The third-order valence-electron chi connectivity index (χ3n) is 4.45. The summed E-state index contributed by atoms with van der Waals surface area (Å²) in [5.74, 6) is 0.645. The molecule has 2 fully saturated rings. The van der Waals surface area contributed by atoms with Crippen LogP contribution >= 0.6 is 0 Å². The fourth-order valence-corrected chi connectivity index (χ4v) is 3.66. The van der Waals surface area contributed by atoms with Crippen LogP contribution in [0.25, 0.3) is 11.0 Å². The predicted molar refractivity (Wildman–Crippen MR) is 72.6 cm³/mol. The maximum Gasteiger partial charge on any atom is 0.204 e. The van der Waals surface area contributed by atoms with Gasteiger partial charge in [0.05, 0.1) is 11.0 Å². The minimum Gasteiger partial charge on any atom is -0.336 e. The SMILES string of the molecule is NC1CC2CCC(C1)N2c1nc2ccc(F)cc2[nH]1. The Hall–Kier alpha value is -1.62. The van der Waals surface area contributed by atoms with E-state index < -0.39 is 0 Å². The summed E-state index contributed by atoms with van der Waals surface area (Å²) < 4.78 is 13.2. The first kappa shape index (κ1) is 11.2. The zero-order valence-electron chi connectivity index (χ0n) is 10.6. The number of aromatic amines is 1. The molecule has 0 aliphatic carbocycles. The number of rotatable bonds is 1. The molecule has 2 bridgehead atoms. The smallest absolute Gasteiger partial charge is 0.204 e. The number of hydrogen-bond acceptors (Lipinski definition) is 3. The van der Waals surface area contributed by atoms with Crippen LogP contribution in [0.2, 0.25) is 0 Å². The number of fused-ring (bicyclic) bond motifs is 3. The summed E-state index contributed by atoms with van der Waals surface area (Å²) in [6, 6.07) is 5.97. The van der Waals surface area contributed by atoms with Crippen molar-refractivity contribution in [2.45, 2.75) is 43.8 Å². The topological polar surface area (TPSA) is 57.9 Å². The lowest BCUT2D eigenvalue weighted by atomic mass is 9.99. The van der Waals surface area contributed by atoms with E-state index in [0.29, 0.717) is 18.1 Å². The number of H-pyrrole nitrogens is 1. The number of hydrogen-bond donors (Lipinski definition) is 2. The summed E-state index contributed by atoms with van der Waals surface area (Å²) in [5.41, 5.74) is 7.68. The molecule has 2 saturated heterocycles. The molecule has 2 atom stereocenters. The van der Waals surface area contributed by atoms with E-state index in [-0.39, 0.29) is 5.82 Å². The van der Waals surface area contributed by atoms with E-state index >= 15 is 0 Å². The molecule has 0 radical (unpaired) electrons. The van der Waals surface area contributed by atoms with Crippen LogP contribution in [-0.4, -0.2) is 28.1 Å². The van der Waals surface area contributed by atoms with Crippen LogP contribution in [0, 0.1) is 5.82 Å². The first-order chi connectivity index (χ1) is 9.20. The maximum absolute atomic E-state index is 13.2. The summed E-state index contributed by atoms with van der Waals surface area (Å²) in [5, 5.41) is 0. The molecule has 2 aliphatic heterocycles. The lowest BCUT2D eigenvalue weighted by Crippen LogP contribution is -2.48. The molecule has 1 aromatic carbocycles. The molecular weight excluding hydrogens is 243 g/mol. The number of nitrogens with one attached hydrogen (secondary N) is 1. The number of nitrogens with zero attached hydrogens (tertiary/aromatic N) is 2. The van der Waals surface area contributed by atoms with Gasteiger partial charge in [-0.25, -0.2) is 9.37 Å². The average molecular weight is 260 g/mol. The summed E-state index contributed by atoms with van der Waals surface area (Å²) in [6.45, 7) is 0. The molecule has 5 heteroatoms. The lowest BCUT2D eigenvalue weighted by molar-refractivity contribution is 0.410. The third-order valence-corrected chi connectivity index (χ3v) is 4.45. The second-order valence-electron chi connectivity index (χ2n) is 5.75. The summed E-state index contributed by atoms with van der Waals surface area (Å²) in [6.07, 6.45) is 4.43. The Labute approximate surface area is 110 Å². The monoisotopic (exact) mass is 260 g/mol. The van der Waals surface area contributed by atoms with E-state index in [4.69, 9.17) is 5.73 Å². The summed E-state index contributed by atoms with van der Waals surface area (Å²) in [4.78, 5) is 10.2. The summed E-state index contributed by atoms with van der Waals surface area (Å²) >= 11 is 0. The molecule has 1 aromatic heterocycles. The highest BCUT2D eigenvalue weighted by Gasteiger charge is 2.40. The average Bonchev–Trinajstić information content (AvgIpc) is 2.88. The molecule has 0 saturated carbocycles. The maximum atomic E-state index is 13.2. The van der Waals surface area contributed by atoms with E-state index in [2.05, 4.69) is 14.9 Å². The van der Waals surface area contributed by atoms with Crippen molar-refractivity contribution in [2.75, 3.05) is 4.90 Å². The van der Waals surface area contributed by atoms with E-state index in [0.717, 1.165) is 29.8 Å². The Morgan fingerprint density at radius 2 is 2.00 bits per heavy atom. The predicted octanol–water partition coefficient (Wildman–Crippen LogP) is 2.16. The van der Waals surface area contributed by atoms with Crippen molar-refractivity contribution in [3.8, 4) is 0 Å². The van der Waals surface area contributed by atoms with E-state index in [1.54, 1.807) is 6.07 Å². The molecule has 4 rings (SSSR count). The van der Waals surface area contributed by atoms with Gasteiger partial charge in [-0.15, -0.1) is 0 Å². The fraction of sp³-hybridized carbons (Fsp3) is 0.500. The van der Waals surface area contributed by atoms with Crippen molar-refractivity contribution in [1.82, 2.24) is 9.97 Å². The van der Waals surface area contributed by atoms with Crippen molar-refractivity contribution in [3.05, 3.63) is 24.0 Å². The molecule has 3 N–H and O–H groups in total. The largest absolute Gasteiger partial charge is 0.336 e. The molecule has 2 aliphatic rings.